The predicted molar refractivity (Wildman–Crippen MR) is 91.8 cm³/mol. The van der Waals surface area contributed by atoms with Gasteiger partial charge in [-0.3, -0.25) is 4.79 Å². The lowest BCUT2D eigenvalue weighted by molar-refractivity contribution is -0.130. The van der Waals surface area contributed by atoms with E-state index in [0.29, 0.717) is 6.54 Å². The average Bonchev–Trinajstić information content (AvgIpc) is 2.51. The van der Waals surface area contributed by atoms with Crippen LogP contribution in [0.5, 0.6) is 0 Å². The van der Waals surface area contributed by atoms with Crippen LogP contribution in [0.25, 0.3) is 0 Å². The highest BCUT2D eigenvalue weighted by atomic mass is 16.3. The summed E-state index contributed by atoms with van der Waals surface area (Å²) in [5.41, 5.74) is 0. The lowest BCUT2D eigenvalue weighted by Crippen LogP contribution is -2.35. The summed E-state index contributed by atoms with van der Waals surface area (Å²) in [6, 6.07) is 0. The first-order valence-corrected chi connectivity index (χ1v) is 9.29. The van der Waals surface area contributed by atoms with Crippen molar-refractivity contribution >= 4 is 5.91 Å². The number of amides is 1. The van der Waals surface area contributed by atoms with Crippen LogP contribution in [-0.2, 0) is 4.79 Å². The largest absolute Gasteiger partial charge is 0.396 e. The maximum atomic E-state index is 11.4. The van der Waals surface area contributed by atoms with Gasteiger partial charge < -0.3 is 15.5 Å². The van der Waals surface area contributed by atoms with Crippen LogP contribution < -0.4 is 5.32 Å². The fourth-order valence-corrected chi connectivity index (χ4v) is 2.55. The van der Waals surface area contributed by atoms with E-state index in [2.05, 4.69) is 12.2 Å². The highest BCUT2D eigenvalue weighted by Crippen LogP contribution is 2.11. The van der Waals surface area contributed by atoms with Gasteiger partial charge in [0.05, 0.1) is 0 Å². The number of hydrogen-bond acceptors (Lipinski definition) is 3. The molecule has 0 bridgehead atoms. The van der Waals surface area contributed by atoms with E-state index >= 15 is 0 Å². The Balaban J connectivity index is 3.16. The second-order valence-electron chi connectivity index (χ2n) is 6.21. The number of carbonyl (C=O) groups is 1. The predicted octanol–water partition coefficient (Wildman–Crippen LogP) is 3.55. The van der Waals surface area contributed by atoms with E-state index in [0.717, 1.165) is 12.8 Å². The SMILES string of the molecule is CCCCCCCCCCCCCCNC(=O)C(O)CCO. The molecule has 132 valence electrons. The van der Waals surface area contributed by atoms with E-state index < -0.39 is 6.10 Å². The average molecular weight is 315 g/mol. The quantitative estimate of drug-likeness (QED) is 0.382. The summed E-state index contributed by atoms with van der Waals surface area (Å²) < 4.78 is 0. The van der Waals surface area contributed by atoms with Gasteiger partial charge in [-0.15, -0.1) is 0 Å². The number of hydrogen-bond donors (Lipinski definition) is 3. The second kappa shape index (κ2) is 16.8. The molecular weight excluding hydrogens is 278 g/mol. The van der Waals surface area contributed by atoms with Gasteiger partial charge in [-0.05, 0) is 6.42 Å². The molecule has 0 radical (unpaired) electrons. The Kier molecular flexibility index (Phi) is 16.3. The molecule has 4 nitrogen and oxygen atoms in total. The first kappa shape index (κ1) is 21.4. The molecule has 1 amide bonds. The third kappa shape index (κ3) is 14.3. The summed E-state index contributed by atoms with van der Waals surface area (Å²) >= 11 is 0. The fourth-order valence-electron chi connectivity index (χ4n) is 2.55. The Morgan fingerprint density at radius 2 is 1.32 bits per heavy atom. The van der Waals surface area contributed by atoms with Crippen molar-refractivity contribution in [1.29, 1.82) is 0 Å². The van der Waals surface area contributed by atoms with Gasteiger partial charge in [-0.25, -0.2) is 0 Å². The zero-order valence-electron chi connectivity index (χ0n) is 14.5. The third-order valence-electron chi connectivity index (χ3n) is 4.03. The molecule has 0 rings (SSSR count). The molecule has 4 heteroatoms. The molecular formula is C18H37NO3. The van der Waals surface area contributed by atoms with Crippen molar-refractivity contribution in [3.8, 4) is 0 Å². The molecule has 0 aromatic heterocycles. The van der Waals surface area contributed by atoms with Crippen molar-refractivity contribution in [2.75, 3.05) is 13.2 Å². The Morgan fingerprint density at radius 3 is 1.77 bits per heavy atom. The van der Waals surface area contributed by atoms with Crippen LogP contribution in [0.4, 0.5) is 0 Å². The zero-order valence-corrected chi connectivity index (χ0v) is 14.5. The van der Waals surface area contributed by atoms with Crippen LogP contribution >= 0.6 is 0 Å². The standard InChI is InChI=1S/C18H37NO3/c1-2-3-4-5-6-7-8-9-10-11-12-13-15-19-18(22)17(21)14-16-20/h17,20-21H,2-16H2,1H3,(H,19,22). The van der Waals surface area contributed by atoms with E-state index in [-0.39, 0.29) is 18.9 Å². The molecule has 0 aliphatic heterocycles. The minimum absolute atomic E-state index is 0.115. The summed E-state index contributed by atoms with van der Waals surface area (Å²) in [5, 5.41) is 20.7. The summed E-state index contributed by atoms with van der Waals surface area (Å²) in [4.78, 5) is 11.4. The van der Waals surface area contributed by atoms with E-state index in [1.165, 1.54) is 64.2 Å². The Labute approximate surface area is 136 Å². The van der Waals surface area contributed by atoms with Crippen molar-refractivity contribution in [2.24, 2.45) is 0 Å². The number of aliphatic hydroxyl groups excluding tert-OH is 2. The molecule has 1 unspecified atom stereocenters. The van der Waals surface area contributed by atoms with Crippen molar-refractivity contribution in [2.45, 2.75) is 96.5 Å². The minimum atomic E-state index is -1.07. The summed E-state index contributed by atoms with van der Waals surface area (Å²) in [6.45, 7) is 2.72. The lowest BCUT2D eigenvalue weighted by atomic mass is 10.1. The highest BCUT2D eigenvalue weighted by molar-refractivity contribution is 5.80. The number of unbranched alkanes of at least 4 members (excludes halogenated alkanes) is 11. The first-order chi connectivity index (χ1) is 10.7. The summed E-state index contributed by atoms with van der Waals surface area (Å²) in [5.74, 6) is -0.364. The molecule has 0 saturated heterocycles. The molecule has 0 aromatic carbocycles. The molecule has 0 fully saturated rings. The van der Waals surface area contributed by atoms with Gasteiger partial charge in [-0.2, -0.15) is 0 Å². The zero-order chi connectivity index (χ0) is 16.5. The van der Waals surface area contributed by atoms with Crippen molar-refractivity contribution in [3.05, 3.63) is 0 Å². The minimum Gasteiger partial charge on any atom is -0.396 e. The highest BCUT2D eigenvalue weighted by Gasteiger charge is 2.12. The maximum Gasteiger partial charge on any atom is 0.248 e. The molecule has 0 aromatic rings. The normalized spacial score (nSPS) is 12.3. The van der Waals surface area contributed by atoms with Crippen LogP contribution in [0.1, 0.15) is 90.4 Å². The molecule has 22 heavy (non-hydrogen) atoms. The van der Waals surface area contributed by atoms with Crippen LogP contribution in [0, 0.1) is 0 Å². The van der Waals surface area contributed by atoms with Gasteiger partial charge >= 0.3 is 0 Å². The van der Waals surface area contributed by atoms with Gasteiger partial charge in [0.1, 0.15) is 6.10 Å². The van der Waals surface area contributed by atoms with Crippen molar-refractivity contribution in [3.63, 3.8) is 0 Å². The fraction of sp³-hybridized carbons (Fsp3) is 0.944. The van der Waals surface area contributed by atoms with Gasteiger partial charge in [0.2, 0.25) is 5.91 Å². The molecule has 3 N–H and O–H groups in total. The van der Waals surface area contributed by atoms with Crippen molar-refractivity contribution < 1.29 is 15.0 Å². The van der Waals surface area contributed by atoms with E-state index in [1.54, 1.807) is 0 Å². The Hall–Kier alpha value is -0.610. The van der Waals surface area contributed by atoms with E-state index in [1.807, 2.05) is 0 Å². The molecule has 0 spiro atoms. The number of carbonyl (C=O) groups excluding carboxylic acids is 1. The molecule has 0 aliphatic carbocycles. The van der Waals surface area contributed by atoms with E-state index in [9.17, 15) is 9.90 Å². The Morgan fingerprint density at radius 1 is 0.864 bits per heavy atom. The monoisotopic (exact) mass is 315 g/mol. The van der Waals surface area contributed by atoms with E-state index in [4.69, 9.17) is 5.11 Å². The smallest absolute Gasteiger partial charge is 0.248 e. The maximum absolute atomic E-state index is 11.4. The topological polar surface area (TPSA) is 69.6 Å². The van der Waals surface area contributed by atoms with Gasteiger partial charge in [-0.1, -0.05) is 77.6 Å². The van der Waals surface area contributed by atoms with Crippen LogP contribution in [0.2, 0.25) is 0 Å². The first-order valence-electron chi connectivity index (χ1n) is 9.29. The molecule has 1 atom stereocenters. The van der Waals surface area contributed by atoms with Gasteiger partial charge in [0.15, 0.2) is 0 Å². The summed E-state index contributed by atoms with van der Waals surface area (Å²) in [6.07, 6.45) is 14.6. The number of aliphatic hydroxyl groups is 2. The van der Waals surface area contributed by atoms with Crippen LogP contribution in [0.15, 0.2) is 0 Å². The molecule has 0 heterocycles. The molecule has 0 aliphatic rings. The molecule has 0 saturated carbocycles. The van der Waals surface area contributed by atoms with Crippen LogP contribution in [0.3, 0.4) is 0 Å². The summed E-state index contributed by atoms with van der Waals surface area (Å²) in [7, 11) is 0. The third-order valence-corrected chi connectivity index (χ3v) is 4.03. The number of nitrogens with one attached hydrogen (secondary N) is 1. The Bertz CT molecular complexity index is 246. The van der Waals surface area contributed by atoms with Gasteiger partial charge in [0.25, 0.3) is 0 Å². The number of rotatable bonds is 16. The van der Waals surface area contributed by atoms with Crippen molar-refractivity contribution in [1.82, 2.24) is 5.32 Å². The van der Waals surface area contributed by atoms with Gasteiger partial charge in [0, 0.05) is 19.6 Å². The van der Waals surface area contributed by atoms with Crippen LogP contribution in [-0.4, -0.2) is 35.4 Å². The second-order valence-corrected chi connectivity index (χ2v) is 6.21. The lowest BCUT2D eigenvalue weighted by Gasteiger charge is -2.09.